The molecule has 0 aromatic carbocycles. The largest absolute Gasteiger partial charge is 0.479 e. The van der Waals surface area contributed by atoms with Crippen LogP contribution in [-0.4, -0.2) is 32.5 Å². The van der Waals surface area contributed by atoms with E-state index in [1.807, 2.05) is 0 Å². The number of methoxy groups -OCH3 is 1. The van der Waals surface area contributed by atoms with E-state index < -0.39 is 0 Å². The van der Waals surface area contributed by atoms with Crippen molar-refractivity contribution < 1.29 is 4.74 Å². The Morgan fingerprint density at radius 2 is 2.21 bits per heavy atom. The number of ether oxygens (including phenoxy) is 1. The molecule has 3 rings (SSSR count). The van der Waals surface area contributed by atoms with Crippen molar-refractivity contribution in [2.75, 3.05) is 13.0 Å². The summed E-state index contributed by atoms with van der Waals surface area (Å²) in [5, 5.41) is 0. The molecule has 0 unspecified atom stereocenters. The molecule has 0 saturated heterocycles. The zero-order chi connectivity index (χ0) is 13.5. The molecule has 1 saturated carbocycles. The average molecular weight is 281 g/mol. The van der Waals surface area contributed by atoms with E-state index in [4.69, 9.17) is 16.3 Å². The monoisotopic (exact) mass is 280 g/mol. The molecule has 0 N–H and O–H groups in total. The fourth-order valence-corrected chi connectivity index (χ4v) is 2.47. The standard InChI is InChI=1S/C13H17ClN4O/c1-13(4-5-13)7-18-9(3-6-14)17-10-11(18)15-8-16-12(10)19-2/h8H,3-7H2,1-2H3. The molecule has 0 radical (unpaired) electrons. The second kappa shape index (κ2) is 4.63. The fourth-order valence-electron chi connectivity index (χ4n) is 2.31. The molecule has 5 nitrogen and oxygen atoms in total. The van der Waals surface area contributed by atoms with E-state index in [0.29, 0.717) is 17.2 Å². The lowest BCUT2D eigenvalue weighted by Crippen LogP contribution is -2.12. The number of hydrogen-bond acceptors (Lipinski definition) is 4. The smallest absolute Gasteiger partial charge is 0.245 e. The van der Waals surface area contributed by atoms with Crippen LogP contribution in [0.25, 0.3) is 11.2 Å². The van der Waals surface area contributed by atoms with Gasteiger partial charge in [0.25, 0.3) is 0 Å². The summed E-state index contributed by atoms with van der Waals surface area (Å²) in [5.41, 5.74) is 1.96. The maximum Gasteiger partial charge on any atom is 0.245 e. The third-order valence-corrected chi connectivity index (χ3v) is 3.92. The predicted molar refractivity (Wildman–Crippen MR) is 73.6 cm³/mol. The molecule has 1 fully saturated rings. The van der Waals surface area contributed by atoms with Gasteiger partial charge in [0.1, 0.15) is 12.2 Å². The first-order chi connectivity index (χ1) is 9.17. The SMILES string of the molecule is COc1ncnc2c1nc(CCCl)n2CC1(C)CC1. The summed E-state index contributed by atoms with van der Waals surface area (Å²) in [4.78, 5) is 13.1. The molecule has 6 heteroatoms. The Balaban J connectivity index is 2.12. The predicted octanol–water partition coefficient (Wildman–Crippen LogP) is 2.42. The summed E-state index contributed by atoms with van der Waals surface area (Å²) in [6.07, 6.45) is 4.78. The molecule has 0 aliphatic heterocycles. The van der Waals surface area contributed by atoms with E-state index in [1.165, 1.54) is 19.2 Å². The maximum atomic E-state index is 5.88. The summed E-state index contributed by atoms with van der Waals surface area (Å²) in [7, 11) is 1.60. The third-order valence-electron chi connectivity index (χ3n) is 3.73. The highest BCUT2D eigenvalue weighted by Gasteiger charge is 2.38. The zero-order valence-corrected chi connectivity index (χ0v) is 11.9. The first-order valence-electron chi connectivity index (χ1n) is 6.47. The molecule has 102 valence electrons. The summed E-state index contributed by atoms with van der Waals surface area (Å²) in [6.45, 7) is 3.23. The van der Waals surface area contributed by atoms with Crippen LogP contribution in [0, 0.1) is 5.41 Å². The number of halogens is 1. The molecule has 19 heavy (non-hydrogen) atoms. The Labute approximate surface area is 117 Å². The highest BCUT2D eigenvalue weighted by atomic mass is 35.5. The minimum absolute atomic E-state index is 0.382. The van der Waals surface area contributed by atoms with Gasteiger partial charge in [-0.25, -0.2) is 9.97 Å². The topological polar surface area (TPSA) is 52.8 Å². The maximum absolute atomic E-state index is 5.88. The minimum atomic E-state index is 0.382. The van der Waals surface area contributed by atoms with Crippen LogP contribution in [0.1, 0.15) is 25.6 Å². The first-order valence-corrected chi connectivity index (χ1v) is 7.00. The quantitative estimate of drug-likeness (QED) is 0.789. The Kier molecular flexibility index (Phi) is 3.09. The highest BCUT2D eigenvalue weighted by molar-refractivity contribution is 6.17. The number of aromatic nitrogens is 4. The van der Waals surface area contributed by atoms with Crippen molar-refractivity contribution in [3.63, 3.8) is 0 Å². The third kappa shape index (κ3) is 2.27. The fraction of sp³-hybridized carbons (Fsp3) is 0.615. The molecular weight excluding hydrogens is 264 g/mol. The number of aryl methyl sites for hydroxylation is 1. The van der Waals surface area contributed by atoms with Gasteiger partial charge in [0, 0.05) is 18.8 Å². The molecule has 1 aliphatic carbocycles. The summed E-state index contributed by atoms with van der Waals surface area (Å²) in [6, 6.07) is 0. The molecule has 2 aromatic rings. The van der Waals surface area contributed by atoms with Gasteiger partial charge in [-0.2, -0.15) is 4.98 Å². The van der Waals surface area contributed by atoms with Crippen LogP contribution in [0.4, 0.5) is 0 Å². The van der Waals surface area contributed by atoms with Gasteiger partial charge < -0.3 is 9.30 Å². The second-order valence-corrected chi connectivity index (χ2v) is 5.80. The summed E-state index contributed by atoms with van der Waals surface area (Å²) >= 11 is 5.88. The van der Waals surface area contributed by atoms with Gasteiger partial charge >= 0.3 is 0 Å². The average Bonchev–Trinajstić information content (AvgIpc) is 3.04. The van der Waals surface area contributed by atoms with Crippen molar-refractivity contribution >= 4 is 22.8 Å². The van der Waals surface area contributed by atoms with Crippen LogP contribution in [0.15, 0.2) is 6.33 Å². The summed E-state index contributed by atoms with van der Waals surface area (Å²) in [5.74, 6) is 2.05. The first kappa shape index (κ1) is 12.7. The normalized spacial score (nSPS) is 16.8. The van der Waals surface area contributed by atoms with Crippen molar-refractivity contribution in [2.45, 2.75) is 32.7 Å². The van der Waals surface area contributed by atoms with Gasteiger partial charge in [0.15, 0.2) is 11.2 Å². The number of imidazole rings is 1. The number of fused-ring (bicyclic) bond motifs is 1. The van der Waals surface area contributed by atoms with Gasteiger partial charge in [-0.3, -0.25) is 0 Å². The number of hydrogen-bond donors (Lipinski definition) is 0. The van der Waals surface area contributed by atoms with Gasteiger partial charge in [0.2, 0.25) is 5.88 Å². The molecular formula is C13H17ClN4O. The molecule has 0 atom stereocenters. The van der Waals surface area contributed by atoms with E-state index in [0.717, 1.165) is 30.0 Å². The van der Waals surface area contributed by atoms with Crippen LogP contribution >= 0.6 is 11.6 Å². The van der Waals surface area contributed by atoms with E-state index in [2.05, 4.69) is 26.4 Å². The number of alkyl halides is 1. The lowest BCUT2D eigenvalue weighted by Gasteiger charge is -2.12. The Hall–Kier alpha value is -1.36. The van der Waals surface area contributed by atoms with Gasteiger partial charge in [-0.1, -0.05) is 6.92 Å². The van der Waals surface area contributed by atoms with Crippen molar-refractivity contribution in [3.8, 4) is 5.88 Å². The molecule has 0 bridgehead atoms. The van der Waals surface area contributed by atoms with Gasteiger partial charge in [-0.05, 0) is 18.3 Å². The van der Waals surface area contributed by atoms with Crippen LogP contribution < -0.4 is 4.74 Å². The molecule has 2 heterocycles. The van der Waals surface area contributed by atoms with E-state index in [1.54, 1.807) is 7.11 Å². The number of nitrogens with zero attached hydrogens (tertiary/aromatic N) is 4. The van der Waals surface area contributed by atoms with E-state index in [-0.39, 0.29) is 0 Å². The Bertz CT molecular complexity index is 606. The molecule has 0 amide bonds. The van der Waals surface area contributed by atoms with Crippen molar-refractivity contribution in [1.29, 1.82) is 0 Å². The van der Waals surface area contributed by atoms with Crippen LogP contribution in [0.2, 0.25) is 0 Å². The number of rotatable bonds is 5. The van der Waals surface area contributed by atoms with Crippen molar-refractivity contribution in [1.82, 2.24) is 19.5 Å². The highest BCUT2D eigenvalue weighted by Crippen LogP contribution is 2.47. The van der Waals surface area contributed by atoms with Crippen LogP contribution in [0.3, 0.4) is 0 Å². The van der Waals surface area contributed by atoms with Crippen LogP contribution in [0.5, 0.6) is 5.88 Å². The Morgan fingerprint density at radius 3 is 2.84 bits per heavy atom. The second-order valence-electron chi connectivity index (χ2n) is 5.42. The van der Waals surface area contributed by atoms with E-state index in [9.17, 15) is 0 Å². The summed E-state index contributed by atoms with van der Waals surface area (Å²) < 4.78 is 7.44. The zero-order valence-electron chi connectivity index (χ0n) is 11.2. The molecule has 0 spiro atoms. The molecule has 2 aromatic heterocycles. The Morgan fingerprint density at radius 1 is 1.42 bits per heavy atom. The lowest BCUT2D eigenvalue weighted by atomic mass is 10.1. The van der Waals surface area contributed by atoms with Gasteiger partial charge in [0.05, 0.1) is 7.11 Å². The van der Waals surface area contributed by atoms with Crippen molar-refractivity contribution in [3.05, 3.63) is 12.2 Å². The van der Waals surface area contributed by atoms with Gasteiger partial charge in [-0.15, -0.1) is 11.6 Å². The van der Waals surface area contributed by atoms with E-state index >= 15 is 0 Å². The van der Waals surface area contributed by atoms with Crippen molar-refractivity contribution in [2.24, 2.45) is 5.41 Å². The van der Waals surface area contributed by atoms with Crippen LogP contribution in [-0.2, 0) is 13.0 Å². The minimum Gasteiger partial charge on any atom is -0.479 e. The molecule has 1 aliphatic rings. The lowest BCUT2D eigenvalue weighted by molar-refractivity contribution is 0.401.